The molecule has 0 aliphatic rings. The van der Waals surface area contributed by atoms with E-state index >= 15 is 0 Å². The normalized spacial score (nSPS) is 10.7. The fraction of sp³-hybridized carbons (Fsp3) is 0. The summed E-state index contributed by atoms with van der Waals surface area (Å²) in [6.07, 6.45) is 1.53. The average molecular weight is 400 g/mol. The number of aromatic nitrogens is 2. The Labute approximate surface area is 163 Å². The van der Waals surface area contributed by atoms with Crippen molar-refractivity contribution >= 4 is 34.8 Å². The summed E-state index contributed by atoms with van der Waals surface area (Å²) >= 11 is 11.9. The predicted octanol–water partition coefficient (Wildman–Crippen LogP) is 5.56. The highest BCUT2D eigenvalue weighted by Crippen LogP contribution is 2.26. The summed E-state index contributed by atoms with van der Waals surface area (Å²) in [5.41, 5.74) is 1.57. The van der Waals surface area contributed by atoms with E-state index in [-0.39, 0.29) is 11.8 Å². The zero-order valence-electron chi connectivity index (χ0n) is 13.6. The minimum absolute atomic E-state index is 0.276. The molecule has 0 unspecified atom stereocenters. The highest BCUT2D eigenvalue weighted by molar-refractivity contribution is 6.35. The van der Waals surface area contributed by atoms with Gasteiger partial charge in [-0.3, -0.25) is 4.79 Å². The summed E-state index contributed by atoms with van der Waals surface area (Å²) in [5, 5.41) is 11.6. The molecule has 0 saturated heterocycles. The summed E-state index contributed by atoms with van der Waals surface area (Å²) in [5.74, 6) is 0.732. The summed E-state index contributed by atoms with van der Waals surface area (Å²) in [6.45, 7) is 0. The highest BCUT2D eigenvalue weighted by atomic mass is 35.5. The number of furan rings is 1. The van der Waals surface area contributed by atoms with Crippen LogP contribution in [0, 0.1) is 0 Å². The van der Waals surface area contributed by atoms with Crippen molar-refractivity contribution in [3.8, 4) is 23.1 Å². The van der Waals surface area contributed by atoms with E-state index in [4.69, 9.17) is 32.0 Å². The van der Waals surface area contributed by atoms with Crippen molar-refractivity contribution in [1.29, 1.82) is 0 Å². The Bertz CT molecular complexity index is 1090. The molecule has 0 atom stereocenters. The van der Waals surface area contributed by atoms with E-state index in [0.29, 0.717) is 38.5 Å². The van der Waals surface area contributed by atoms with Gasteiger partial charge in [0.05, 0.1) is 6.26 Å². The molecule has 27 heavy (non-hydrogen) atoms. The molecule has 2 aromatic carbocycles. The van der Waals surface area contributed by atoms with E-state index < -0.39 is 0 Å². The first kappa shape index (κ1) is 17.3. The van der Waals surface area contributed by atoms with Crippen molar-refractivity contribution in [2.75, 3.05) is 5.32 Å². The fourth-order valence-electron chi connectivity index (χ4n) is 2.46. The zero-order valence-corrected chi connectivity index (χ0v) is 15.2. The van der Waals surface area contributed by atoms with Crippen LogP contribution in [-0.4, -0.2) is 16.1 Å². The van der Waals surface area contributed by atoms with Crippen LogP contribution in [0.1, 0.15) is 10.4 Å². The molecule has 1 N–H and O–H groups in total. The lowest BCUT2D eigenvalue weighted by Gasteiger charge is -2.07. The molecule has 0 spiro atoms. The van der Waals surface area contributed by atoms with Gasteiger partial charge in [0.25, 0.3) is 11.8 Å². The van der Waals surface area contributed by atoms with E-state index in [9.17, 15) is 4.79 Å². The van der Waals surface area contributed by atoms with Crippen LogP contribution in [0.4, 0.5) is 5.69 Å². The molecule has 0 bridgehead atoms. The first-order valence-corrected chi connectivity index (χ1v) is 8.59. The Hall–Kier alpha value is -3.09. The summed E-state index contributed by atoms with van der Waals surface area (Å²) in [7, 11) is 0. The maximum absolute atomic E-state index is 12.4. The topological polar surface area (TPSA) is 81.2 Å². The molecular weight excluding hydrogens is 389 g/mol. The third-order valence-electron chi connectivity index (χ3n) is 3.65. The monoisotopic (exact) mass is 399 g/mol. The molecule has 4 aromatic rings. The van der Waals surface area contributed by atoms with Gasteiger partial charge in [-0.15, -0.1) is 10.2 Å². The van der Waals surface area contributed by atoms with Crippen molar-refractivity contribution < 1.29 is 13.6 Å². The number of amides is 1. The van der Waals surface area contributed by atoms with Crippen molar-refractivity contribution in [2.24, 2.45) is 0 Å². The van der Waals surface area contributed by atoms with Gasteiger partial charge in [0.2, 0.25) is 5.89 Å². The standard InChI is InChI=1S/C19H11Cl2N3O3/c20-13-7-12(8-14(21)10-13)17(25)22-15-4-1-3-11(9-15)18-23-24-19(27-18)16-5-2-6-26-16/h1-10H,(H,22,25). The summed E-state index contributed by atoms with van der Waals surface area (Å²) < 4.78 is 10.9. The van der Waals surface area contributed by atoms with Crippen LogP contribution in [0.15, 0.2) is 69.7 Å². The molecule has 0 fully saturated rings. The minimum atomic E-state index is -0.335. The number of carbonyl (C=O) groups is 1. The van der Waals surface area contributed by atoms with Crippen molar-refractivity contribution in [3.63, 3.8) is 0 Å². The second-order valence-corrected chi connectivity index (χ2v) is 6.46. The first-order chi connectivity index (χ1) is 13.1. The number of hydrogen-bond acceptors (Lipinski definition) is 5. The van der Waals surface area contributed by atoms with E-state index in [0.717, 1.165) is 0 Å². The quantitative estimate of drug-likeness (QED) is 0.485. The van der Waals surface area contributed by atoms with Crippen LogP contribution in [0.2, 0.25) is 10.0 Å². The van der Waals surface area contributed by atoms with Gasteiger partial charge >= 0.3 is 0 Å². The van der Waals surface area contributed by atoms with Crippen LogP contribution < -0.4 is 5.32 Å². The Morgan fingerprint density at radius 3 is 2.44 bits per heavy atom. The van der Waals surface area contributed by atoms with E-state index in [2.05, 4.69) is 15.5 Å². The Kier molecular flexibility index (Phi) is 4.66. The second kappa shape index (κ2) is 7.26. The lowest BCUT2D eigenvalue weighted by atomic mass is 10.1. The van der Waals surface area contributed by atoms with Gasteiger partial charge in [-0.2, -0.15) is 0 Å². The zero-order chi connectivity index (χ0) is 18.8. The molecule has 6 nitrogen and oxygen atoms in total. The van der Waals surface area contributed by atoms with Crippen LogP contribution >= 0.6 is 23.2 Å². The minimum Gasteiger partial charge on any atom is -0.459 e. The van der Waals surface area contributed by atoms with Gasteiger partial charge < -0.3 is 14.2 Å². The van der Waals surface area contributed by atoms with Crippen LogP contribution in [0.25, 0.3) is 23.1 Å². The van der Waals surface area contributed by atoms with Crippen molar-refractivity contribution in [2.45, 2.75) is 0 Å². The molecule has 0 saturated carbocycles. The molecule has 4 rings (SSSR count). The second-order valence-electron chi connectivity index (χ2n) is 5.58. The highest BCUT2D eigenvalue weighted by Gasteiger charge is 2.14. The number of nitrogens with zero attached hydrogens (tertiary/aromatic N) is 2. The number of halogens is 2. The van der Waals surface area contributed by atoms with E-state index in [1.54, 1.807) is 54.6 Å². The van der Waals surface area contributed by atoms with Gasteiger partial charge in [-0.05, 0) is 48.5 Å². The molecule has 8 heteroatoms. The van der Waals surface area contributed by atoms with E-state index in [1.807, 2.05) is 0 Å². The lowest BCUT2D eigenvalue weighted by molar-refractivity contribution is 0.102. The van der Waals surface area contributed by atoms with Gasteiger partial charge in [0.1, 0.15) is 0 Å². The molecule has 0 radical (unpaired) electrons. The van der Waals surface area contributed by atoms with Gasteiger partial charge in [0, 0.05) is 26.9 Å². The molecular formula is C19H11Cl2N3O3. The number of carbonyl (C=O) groups excluding carboxylic acids is 1. The smallest absolute Gasteiger partial charge is 0.283 e. The van der Waals surface area contributed by atoms with Crippen LogP contribution in [-0.2, 0) is 0 Å². The fourth-order valence-corrected chi connectivity index (χ4v) is 2.98. The third kappa shape index (κ3) is 3.86. The summed E-state index contributed by atoms with van der Waals surface area (Å²) in [6, 6.07) is 15.1. The Morgan fingerprint density at radius 2 is 1.70 bits per heavy atom. The molecule has 0 aliphatic heterocycles. The number of benzene rings is 2. The Morgan fingerprint density at radius 1 is 0.926 bits per heavy atom. The van der Waals surface area contributed by atoms with Gasteiger partial charge in [-0.25, -0.2) is 0 Å². The van der Waals surface area contributed by atoms with Gasteiger partial charge in [0.15, 0.2) is 5.76 Å². The van der Waals surface area contributed by atoms with Crippen LogP contribution in [0.5, 0.6) is 0 Å². The number of hydrogen-bond donors (Lipinski definition) is 1. The summed E-state index contributed by atoms with van der Waals surface area (Å²) in [4.78, 5) is 12.4. The number of nitrogens with one attached hydrogen (secondary N) is 1. The lowest BCUT2D eigenvalue weighted by Crippen LogP contribution is -2.11. The first-order valence-electron chi connectivity index (χ1n) is 7.84. The molecule has 0 aliphatic carbocycles. The van der Waals surface area contributed by atoms with Crippen LogP contribution in [0.3, 0.4) is 0 Å². The molecule has 2 heterocycles. The Balaban J connectivity index is 1.57. The molecule has 134 valence electrons. The number of rotatable bonds is 4. The van der Waals surface area contributed by atoms with E-state index in [1.165, 1.54) is 6.26 Å². The third-order valence-corrected chi connectivity index (χ3v) is 4.09. The predicted molar refractivity (Wildman–Crippen MR) is 102 cm³/mol. The SMILES string of the molecule is O=C(Nc1cccc(-c2nnc(-c3ccco3)o2)c1)c1cc(Cl)cc(Cl)c1. The molecule has 1 amide bonds. The van der Waals surface area contributed by atoms with Crippen molar-refractivity contribution in [1.82, 2.24) is 10.2 Å². The number of anilines is 1. The molecule has 2 aromatic heterocycles. The maximum atomic E-state index is 12.4. The largest absolute Gasteiger partial charge is 0.459 e. The maximum Gasteiger partial charge on any atom is 0.283 e. The van der Waals surface area contributed by atoms with Gasteiger partial charge in [-0.1, -0.05) is 29.3 Å². The average Bonchev–Trinajstić information content (AvgIpc) is 3.33. The van der Waals surface area contributed by atoms with Crippen molar-refractivity contribution in [3.05, 3.63) is 76.5 Å².